The number of hydrogen-bond acceptors (Lipinski definition) is 5. The SMILES string of the molecule is CC(C)(C)OC(=O)Nc1cccnc1COC1CCC(c2cc(F)cc(F)c2O)CC1. The molecule has 1 amide bonds. The molecule has 1 saturated carbocycles. The average Bonchev–Trinajstić information content (AvgIpc) is 2.69. The van der Waals surface area contributed by atoms with Gasteiger partial charge in [0.2, 0.25) is 0 Å². The van der Waals surface area contributed by atoms with E-state index in [0.29, 0.717) is 48.7 Å². The molecule has 31 heavy (non-hydrogen) atoms. The van der Waals surface area contributed by atoms with Crippen LogP contribution in [0.2, 0.25) is 0 Å². The first kappa shape index (κ1) is 22.9. The maximum Gasteiger partial charge on any atom is 0.412 e. The minimum atomic E-state index is -0.937. The molecule has 1 aliphatic rings. The van der Waals surface area contributed by atoms with Crippen molar-refractivity contribution in [1.82, 2.24) is 4.98 Å². The lowest BCUT2D eigenvalue weighted by atomic mass is 9.82. The zero-order valence-corrected chi connectivity index (χ0v) is 18.0. The molecule has 2 aromatic rings. The first-order valence-corrected chi connectivity index (χ1v) is 10.4. The molecule has 6 nitrogen and oxygen atoms in total. The van der Waals surface area contributed by atoms with Gasteiger partial charge in [0.1, 0.15) is 11.4 Å². The van der Waals surface area contributed by atoms with Crippen molar-refractivity contribution in [3.8, 4) is 5.75 Å². The van der Waals surface area contributed by atoms with Gasteiger partial charge in [-0.3, -0.25) is 10.3 Å². The third-order valence-corrected chi connectivity index (χ3v) is 5.15. The van der Waals surface area contributed by atoms with Crippen LogP contribution < -0.4 is 5.32 Å². The Kier molecular flexibility index (Phi) is 7.10. The van der Waals surface area contributed by atoms with E-state index in [0.717, 1.165) is 0 Å². The molecule has 0 unspecified atom stereocenters. The Morgan fingerprint density at radius 3 is 2.61 bits per heavy atom. The number of pyridine rings is 1. The van der Waals surface area contributed by atoms with E-state index < -0.39 is 29.1 Å². The maximum absolute atomic E-state index is 13.6. The Hall–Kier alpha value is -2.74. The molecule has 168 valence electrons. The van der Waals surface area contributed by atoms with E-state index in [1.165, 1.54) is 6.07 Å². The predicted molar refractivity (Wildman–Crippen MR) is 112 cm³/mol. The number of halogens is 2. The first-order valence-electron chi connectivity index (χ1n) is 10.4. The normalized spacial score (nSPS) is 19.1. The van der Waals surface area contributed by atoms with Crippen LogP contribution in [0.3, 0.4) is 0 Å². The van der Waals surface area contributed by atoms with Gasteiger partial charge in [-0.2, -0.15) is 0 Å². The van der Waals surface area contributed by atoms with Gasteiger partial charge in [0, 0.05) is 17.8 Å². The highest BCUT2D eigenvalue weighted by atomic mass is 19.1. The summed E-state index contributed by atoms with van der Waals surface area (Å²) in [5.41, 5.74) is 0.802. The lowest BCUT2D eigenvalue weighted by molar-refractivity contribution is 0.0118. The molecule has 1 heterocycles. The minimum absolute atomic E-state index is 0.0480. The molecule has 1 fully saturated rings. The van der Waals surface area contributed by atoms with Gasteiger partial charge in [0.05, 0.1) is 24.1 Å². The summed E-state index contributed by atoms with van der Waals surface area (Å²) in [6, 6.07) is 5.33. The number of phenols is 1. The highest BCUT2D eigenvalue weighted by Gasteiger charge is 2.27. The Labute approximate surface area is 180 Å². The number of rotatable bonds is 5. The van der Waals surface area contributed by atoms with E-state index in [9.17, 15) is 18.7 Å². The molecular weight excluding hydrogens is 406 g/mol. The summed E-state index contributed by atoms with van der Waals surface area (Å²) >= 11 is 0. The molecule has 0 atom stereocenters. The van der Waals surface area contributed by atoms with Crippen molar-refractivity contribution in [3.63, 3.8) is 0 Å². The second-order valence-electron chi connectivity index (χ2n) is 8.73. The van der Waals surface area contributed by atoms with E-state index in [-0.39, 0.29) is 18.6 Å². The molecule has 0 saturated heterocycles. The van der Waals surface area contributed by atoms with Crippen LogP contribution in [0, 0.1) is 11.6 Å². The standard InChI is InChI=1S/C23H28F2N2O4/c1-23(2,3)31-22(29)27-19-5-4-10-26-20(19)13-30-16-8-6-14(7-9-16)17-11-15(24)12-18(25)21(17)28/h4-5,10-12,14,16,28H,6-9,13H2,1-3H3,(H,27,29). The Balaban J connectivity index is 1.55. The van der Waals surface area contributed by atoms with Gasteiger partial charge in [-0.25, -0.2) is 13.6 Å². The number of nitrogens with one attached hydrogen (secondary N) is 1. The molecule has 0 radical (unpaired) electrons. The lowest BCUT2D eigenvalue weighted by Crippen LogP contribution is -2.27. The number of carbonyl (C=O) groups is 1. The average molecular weight is 434 g/mol. The van der Waals surface area contributed by atoms with E-state index in [4.69, 9.17) is 9.47 Å². The van der Waals surface area contributed by atoms with Gasteiger partial charge in [-0.15, -0.1) is 0 Å². The summed E-state index contributed by atoms with van der Waals surface area (Å²) < 4.78 is 38.5. The molecule has 8 heteroatoms. The monoisotopic (exact) mass is 434 g/mol. The number of aromatic nitrogens is 1. The van der Waals surface area contributed by atoms with E-state index in [2.05, 4.69) is 10.3 Å². The third-order valence-electron chi connectivity index (χ3n) is 5.15. The molecule has 1 aliphatic carbocycles. The van der Waals surface area contributed by atoms with Crippen LogP contribution in [0.1, 0.15) is 63.6 Å². The number of hydrogen-bond donors (Lipinski definition) is 2. The summed E-state index contributed by atoms with van der Waals surface area (Å²) in [6.45, 7) is 5.57. The van der Waals surface area contributed by atoms with Crippen LogP contribution in [0.25, 0.3) is 0 Å². The fourth-order valence-corrected chi connectivity index (χ4v) is 3.71. The number of ether oxygens (including phenoxy) is 2. The molecule has 2 N–H and O–H groups in total. The second-order valence-corrected chi connectivity index (χ2v) is 8.73. The summed E-state index contributed by atoms with van der Waals surface area (Å²) in [5.74, 6) is -2.22. The van der Waals surface area contributed by atoms with E-state index in [1.807, 2.05) is 0 Å². The third kappa shape index (κ3) is 6.37. The number of carbonyl (C=O) groups excluding carboxylic acids is 1. The quantitative estimate of drug-likeness (QED) is 0.635. The largest absolute Gasteiger partial charge is 0.505 e. The molecule has 0 spiro atoms. The maximum atomic E-state index is 13.6. The summed E-state index contributed by atoms with van der Waals surface area (Å²) in [5, 5.41) is 12.6. The highest BCUT2D eigenvalue weighted by molar-refractivity contribution is 5.85. The minimum Gasteiger partial charge on any atom is -0.505 e. The summed E-state index contributed by atoms with van der Waals surface area (Å²) in [4.78, 5) is 16.4. The Bertz CT molecular complexity index is 922. The number of benzene rings is 1. The summed E-state index contributed by atoms with van der Waals surface area (Å²) in [7, 11) is 0. The van der Waals surface area contributed by atoms with Crippen LogP contribution in [0.5, 0.6) is 5.75 Å². The van der Waals surface area contributed by atoms with Gasteiger partial charge in [0.25, 0.3) is 0 Å². The van der Waals surface area contributed by atoms with Crippen molar-refractivity contribution in [2.75, 3.05) is 5.32 Å². The number of amides is 1. The van der Waals surface area contributed by atoms with Crippen molar-refractivity contribution in [3.05, 3.63) is 53.4 Å². The van der Waals surface area contributed by atoms with Crippen molar-refractivity contribution in [1.29, 1.82) is 0 Å². The van der Waals surface area contributed by atoms with Gasteiger partial charge in [0.15, 0.2) is 11.6 Å². The number of anilines is 1. The van der Waals surface area contributed by atoms with E-state index in [1.54, 1.807) is 39.1 Å². The second kappa shape index (κ2) is 9.60. The van der Waals surface area contributed by atoms with Crippen LogP contribution in [-0.4, -0.2) is 27.9 Å². The Morgan fingerprint density at radius 2 is 1.94 bits per heavy atom. The van der Waals surface area contributed by atoms with Crippen molar-refractivity contribution in [2.24, 2.45) is 0 Å². The van der Waals surface area contributed by atoms with Crippen LogP contribution in [0.15, 0.2) is 30.5 Å². The number of aromatic hydroxyl groups is 1. The lowest BCUT2D eigenvalue weighted by Gasteiger charge is -2.29. The molecule has 1 aromatic carbocycles. The van der Waals surface area contributed by atoms with E-state index >= 15 is 0 Å². The van der Waals surface area contributed by atoms with Crippen LogP contribution in [-0.2, 0) is 16.1 Å². The predicted octanol–water partition coefficient (Wildman–Crippen LogP) is 5.66. The topological polar surface area (TPSA) is 80.7 Å². The van der Waals surface area contributed by atoms with Gasteiger partial charge in [-0.05, 0) is 70.6 Å². The molecule has 0 bridgehead atoms. The molecule has 0 aliphatic heterocycles. The zero-order valence-electron chi connectivity index (χ0n) is 18.0. The van der Waals surface area contributed by atoms with Gasteiger partial charge >= 0.3 is 6.09 Å². The fraction of sp³-hybridized carbons (Fsp3) is 0.478. The zero-order chi connectivity index (χ0) is 22.6. The molecule has 3 rings (SSSR count). The molecular formula is C23H28F2N2O4. The highest BCUT2D eigenvalue weighted by Crippen LogP contribution is 2.39. The van der Waals surface area contributed by atoms with Crippen molar-refractivity contribution >= 4 is 11.8 Å². The Morgan fingerprint density at radius 1 is 1.23 bits per heavy atom. The fourth-order valence-electron chi connectivity index (χ4n) is 3.71. The first-order chi connectivity index (χ1) is 14.6. The van der Waals surface area contributed by atoms with Crippen LogP contribution >= 0.6 is 0 Å². The van der Waals surface area contributed by atoms with Crippen molar-refractivity contribution in [2.45, 2.75) is 70.7 Å². The smallest absolute Gasteiger partial charge is 0.412 e. The number of phenolic OH excluding ortho intramolecular Hbond substituents is 1. The van der Waals surface area contributed by atoms with Gasteiger partial charge < -0.3 is 14.6 Å². The molecule has 1 aromatic heterocycles. The van der Waals surface area contributed by atoms with Gasteiger partial charge in [-0.1, -0.05) is 0 Å². The van der Waals surface area contributed by atoms with Crippen molar-refractivity contribution < 1.29 is 28.2 Å². The summed E-state index contributed by atoms with van der Waals surface area (Å²) in [6.07, 6.45) is 3.67. The number of nitrogens with zero attached hydrogens (tertiary/aromatic N) is 1. The van der Waals surface area contributed by atoms with Crippen LogP contribution in [0.4, 0.5) is 19.3 Å².